The van der Waals surface area contributed by atoms with Crippen molar-refractivity contribution in [2.75, 3.05) is 7.11 Å². The third kappa shape index (κ3) is 1.78. The minimum atomic E-state index is -0.549. The number of benzene rings is 1. The second kappa shape index (κ2) is 4.17. The van der Waals surface area contributed by atoms with Gasteiger partial charge in [-0.25, -0.2) is 4.79 Å². The molecule has 2 rings (SSSR count). The molecule has 0 spiro atoms. The van der Waals surface area contributed by atoms with Gasteiger partial charge in [-0.15, -0.1) is 0 Å². The zero-order valence-corrected chi connectivity index (χ0v) is 10.1. The van der Waals surface area contributed by atoms with Gasteiger partial charge >= 0.3 is 5.63 Å². The van der Waals surface area contributed by atoms with E-state index in [2.05, 4.69) is 15.9 Å². The van der Waals surface area contributed by atoms with E-state index >= 15 is 0 Å². The normalized spacial score (nSPS) is 10.6. The van der Waals surface area contributed by atoms with Gasteiger partial charge in [0.05, 0.1) is 12.4 Å². The van der Waals surface area contributed by atoms with Crippen LogP contribution < -0.4 is 10.4 Å². The summed E-state index contributed by atoms with van der Waals surface area (Å²) in [7, 11) is 1.50. The van der Waals surface area contributed by atoms with Crippen LogP contribution in [0.2, 0.25) is 0 Å². The molecule has 0 aliphatic heterocycles. The number of fused-ring (bicyclic) bond motifs is 1. The Morgan fingerprint density at radius 1 is 1.44 bits per heavy atom. The van der Waals surface area contributed by atoms with Gasteiger partial charge in [-0.3, -0.25) is 0 Å². The zero-order chi connectivity index (χ0) is 11.7. The van der Waals surface area contributed by atoms with E-state index in [0.29, 0.717) is 22.2 Å². The van der Waals surface area contributed by atoms with E-state index in [-0.39, 0.29) is 11.1 Å². The number of hydrogen-bond donors (Lipinski definition) is 1. The fourth-order valence-corrected chi connectivity index (χ4v) is 1.79. The summed E-state index contributed by atoms with van der Waals surface area (Å²) < 4.78 is 10.0. The average Bonchev–Trinajstić information content (AvgIpc) is 2.27. The summed E-state index contributed by atoms with van der Waals surface area (Å²) in [6.07, 6.45) is 0. The maximum absolute atomic E-state index is 11.6. The van der Waals surface area contributed by atoms with Gasteiger partial charge in [-0.05, 0) is 17.5 Å². The van der Waals surface area contributed by atoms with Gasteiger partial charge in [0.1, 0.15) is 22.6 Å². The molecule has 2 aromatic rings. The van der Waals surface area contributed by atoms with Crippen LogP contribution in [0.4, 0.5) is 0 Å². The van der Waals surface area contributed by atoms with E-state index in [4.69, 9.17) is 9.15 Å². The van der Waals surface area contributed by atoms with Crippen molar-refractivity contribution in [3.8, 4) is 11.5 Å². The predicted molar refractivity (Wildman–Crippen MR) is 63.3 cm³/mol. The Bertz CT molecular complexity index is 583. The smallest absolute Gasteiger partial charge is 0.347 e. The van der Waals surface area contributed by atoms with Crippen molar-refractivity contribution >= 4 is 26.7 Å². The molecule has 1 heterocycles. The zero-order valence-electron chi connectivity index (χ0n) is 8.49. The summed E-state index contributed by atoms with van der Waals surface area (Å²) >= 11 is 3.21. The minimum Gasteiger partial charge on any atom is -0.507 e. The molecule has 16 heavy (non-hydrogen) atoms. The first-order chi connectivity index (χ1) is 7.65. The monoisotopic (exact) mass is 284 g/mol. The quantitative estimate of drug-likeness (QED) is 0.861. The minimum absolute atomic E-state index is 0.135. The standard InChI is InChI=1S/C11H9BrO4/c1-15-7-2-6-3-8(5-12)16-11(14)10(6)9(13)4-7/h2-4,13H,5H2,1H3. The SMILES string of the molecule is COc1cc(O)c2c(=O)oc(CBr)cc2c1. The Balaban J connectivity index is 2.84. The molecule has 1 aromatic carbocycles. The van der Waals surface area contributed by atoms with Gasteiger partial charge in [0, 0.05) is 6.07 Å². The summed E-state index contributed by atoms with van der Waals surface area (Å²) in [6, 6.07) is 4.75. The average molecular weight is 285 g/mol. The second-order valence-electron chi connectivity index (χ2n) is 3.24. The van der Waals surface area contributed by atoms with E-state index < -0.39 is 5.63 Å². The molecule has 0 amide bonds. The Hall–Kier alpha value is -1.49. The number of ether oxygens (including phenoxy) is 1. The van der Waals surface area contributed by atoms with Crippen molar-refractivity contribution in [3.63, 3.8) is 0 Å². The molecule has 0 saturated carbocycles. The molecule has 0 aliphatic rings. The first kappa shape index (κ1) is 11.0. The van der Waals surface area contributed by atoms with Crippen molar-refractivity contribution in [1.29, 1.82) is 0 Å². The van der Waals surface area contributed by atoms with Crippen molar-refractivity contribution in [1.82, 2.24) is 0 Å². The highest BCUT2D eigenvalue weighted by Crippen LogP contribution is 2.28. The molecule has 1 N–H and O–H groups in total. The number of phenols is 1. The molecule has 0 aliphatic carbocycles. The second-order valence-corrected chi connectivity index (χ2v) is 3.81. The van der Waals surface area contributed by atoms with E-state index in [1.54, 1.807) is 12.1 Å². The lowest BCUT2D eigenvalue weighted by molar-refractivity contribution is 0.408. The molecular weight excluding hydrogens is 276 g/mol. The lowest BCUT2D eigenvalue weighted by Gasteiger charge is -2.05. The van der Waals surface area contributed by atoms with Crippen LogP contribution in [-0.4, -0.2) is 12.2 Å². The Labute approximate surface area is 99.6 Å². The van der Waals surface area contributed by atoms with Crippen molar-refractivity contribution < 1.29 is 14.3 Å². The Kier molecular flexibility index (Phi) is 2.87. The molecule has 4 nitrogen and oxygen atoms in total. The summed E-state index contributed by atoms with van der Waals surface area (Å²) in [5.41, 5.74) is -0.549. The molecule has 0 fully saturated rings. The first-order valence-corrected chi connectivity index (χ1v) is 5.67. The van der Waals surface area contributed by atoms with Gasteiger partial charge < -0.3 is 14.3 Å². The van der Waals surface area contributed by atoms with E-state index in [1.807, 2.05) is 0 Å². The van der Waals surface area contributed by atoms with Gasteiger partial charge in [0.2, 0.25) is 0 Å². The Morgan fingerprint density at radius 3 is 2.81 bits per heavy atom. The van der Waals surface area contributed by atoms with Crippen LogP contribution in [-0.2, 0) is 5.33 Å². The fourth-order valence-electron chi connectivity index (χ4n) is 1.51. The van der Waals surface area contributed by atoms with Crippen molar-refractivity contribution in [2.24, 2.45) is 0 Å². The summed E-state index contributed by atoms with van der Waals surface area (Å²) in [5.74, 6) is 0.866. The molecule has 0 atom stereocenters. The van der Waals surface area contributed by atoms with Crippen LogP contribution >= 0.6 is 15.9 Å². The molecule has 0 bridgehead atoms. The fraction of sp³-hybridized carbons (Fsp3) is 0.182. The highest BCUT2D eigenvalue weighted by atomic mass is 79.9. The molecule has 0 radical (unpaired) electrons. The van der Waals surface area contributed by atoms with E-state index in [1.165, 1.54) is 13.2 Å². The largest absolute Gasteiger partial charge is 0.507 e. The molecular formula is C11H9BrO4. The third-order valence-corrected chi connectivity index (χ3v) is 2.79. The maximum Gasteiger partial charge on any atom is 0.347 e. The predicted octanol–water partition coefficient (Wildman–Crippen LogP) is 2.40. The number of alkyl halides is 1. The summed E-state index contributed by atoms with van der Waals surface area (Å²) in [4.78, 5) is 11.6. The number of methoxy groups -OCH3 is 1. The molecule has 1 aromatic heterocycles. The van der Waals surface area contributed by atoms with Crippen LogP contribution in [0.3, 0.4) is 0 Å². The van der Waals surface area contributed by atoms with E-state index in [9.17, 15) is 9.90 Å². The van der Waals surface area contributed by atoms with Crippen LogP contribution in [0.15, 0.2) is 27.4 Å². The maximum atomic E-state index is 11.6. The molecule has 0 saturated heterocycles. The lowest BCUT2D eigenvalue weighted by atomic mass is 10.1. The van der Waals surface area contributed by atoms with Crippen LogP contribution in [0.25, 0.3) is 10.8 Å². The number of hydrogen-bond acceptors (Lipinski definition) is 4. The molecule has 5 heteroatoms. The van der Waals surface area contributed by atoms with Gasteiger partial charge in [0.15, 0.2) is 0 Å². The van der Waals surface area contributed by atoms with Gasteiger partial charge in [-0.2, -0.15) is 0 Å². The van der Waals surface area contributed by atoms with Crippen LogP contribution in [0.1, 0.15) is 5.76 Å². The Morgan fingerprint density at radius 2 is 2.19 bits per heavy atom. The number of rotatable bonds is 2. The highest BCUT2D eigenvalue weighted by Gasteiger charge is 2.10. The summed E-state index contributed by atoms with van der Waals surface area (Å²) in [5, 5.41) is 10.9. The topological polar surface area (TPSA) is 59.7 Å². The van der Waals surface area contributed by atoms with E-state index in [0.717, 1.165) is 0 Å². The van der Waals surface area contributed by atoms with Crippen molar-refractivity contribution in [2.45, 2.75) is 5.33 Å². The lowest BCUT2D eigenvalue weighted by Crippen LogP contribution is -2.01. The highest BCUT2D eigenvalue weighted by molar-refractivity contribution is 9.08. The number of halogens is 1. The van der Waals surface area contributed by atoms with Crippen LogP contribution in [0.5, 0.6) is 11.5 Å². The summed E-state index contributed by atoms with van der Waals surface area (Å²) in [6.45, 7) is 0. The van der Waals surface area contributed by atoms with Gasteiger partial charge in [-0.1, -0.05) is 15.9 Å². The first-order valence-electron chi connectivity index (χ1n) is 4.55. The number of aromatic hydroxyl groups is 1. The van der Waals surface area contributed by atoms with Gasteiger partial charge in [0.25, 0.3) is 0 Å². The third-order valence-electron chi connectivity index (χ3n) is 2.23. The molecule has 84 valence electrons. The van der Waals surface area contributed by atoms with Crippen molar-refractivity contribution in [3.05, 3.63) is 34.4 Å². The number of phenolic OH excluding ortho intramolecular Hbond substituents is 1. The van der Waals surface area contributed by atoms with Crippen LogP contribution in [0, 0.1) is 0 Å². The molecule has 0 unspecified atom stereocenters.